The second kappa shape index (κ2) is 4.54. The fraction of sp³-hybridized carbons (Fsp3) is 0.200. The van der Waals surface area contributed by atoms with Crippen LogP contribution in [0.2, 0.25) is 0 Å². The van der Waals surface area contributed by atoms with E-state index in [1.54, 1.807) is 25.4 Å². The van der Waals surface area contributed by atoms with E-state index >= 15 is 0 Å². The molecule has 0 aromatic carbocycles. The molecule has 0 aliphatic carbocycles. The lowest BCUT2D eigenvalue weighted by molar-refractivity contribution is -0.133. The summed E-state index contributed by atoms with van der Waals surface area (Å²) in [7, 11) is 1.59. The minimum absolute atomic E-state index is 0.176. The predicted molar refractivity (Wildman–Crippen MR) is 63.1 cm³/mol. The fourth-order valence-corrected chi connectivity index (χ4v) is 2.04. The number of thioether (sulfide) groups is 1. The zero-order chi connectivity index (χ0) is 12.4. The van der Waals surface area contributed by atoms with Crippen molar-refractivity contribution in [2.45, 2.75) is 5.03 Å². The molecule has 0 aliphatic heterocycles. The second-order valence-electron chi connectivity index (χ2n) is 3.31. The van der Waals surface area contributed by atoms with E-state index < -0.39 is 5.97 Å². The molecule has 0 spiro atoms. The Hall–Kier alpha value is -1.89. The number of nitrogens with zero attached hydrogens (tertiary/aromatic N) is 3. The van der Waals surface area contributed by atoms with Crippen LogP contribution in [0.4, 0.5) is 0 Å². The Kier molecular flexibility index (Phi) is 3.10. The highest BCUT2D eigenvalue weighted by Crippen LogP contribution is 2.13. The third-order valence-electron chi connectivity index (χ3n) is 2.13. The average molecular weight is 251 g/mol. The highest BCUT2D eigenvalue weighted by molar-refractivity contribution is 7.99. The number of rotatable bonds is 3. The molecular weight excluding hydrogens is 242 g/mol. The molecule has 0 bridgehead atoms. The fourth-order valence-electron chi connectivity index (χ4n) is 1.36. The van der Waals surface area contributed by atoms with Gasteiger partial charge in [0.2, 0.25) is 0 Å². The van der Waals surface area contributed by atoms with Crippen LogP contribution < -0.4 is 5.56 Å². The van der Waals surface area contributed by atoms with Crippen LogP contribution in [-0.2, 0) is 11.8 Å². The lowest BCUT2D eigenvalue weighted by atomic mass is 10.4. The molecule has 1 N–H and O–H groups in total. The standard InChI is InChI=1S/C10H9N3O3S/c1-13-8-6(3-2-4-11-8)12-9(10(13)16)17-5-7(14)15/h2-4H,5H2,1H3,(H,14,15). The first-order chi connectivity index (χ1) is 8.09. The van der Waals surface area contributed by atoms with Gasteiger partial charge < -0.3 is 5.11 Å². The van der Waals surface area contributed by atoms with Gasteiger partial charge in [-0.2, -0.15) is 0 Å². The molecule has 0 aliphatic rings. The van der Waals surface area contributed by atoms with Crippen molar-refractivity contribution in [2.24, 2.45) is 7.05 Å². The average Bonchev–Trinajstić information content (AvgIpc) is 2.32. The Balaban J connectivity index is 2.54. The number of aromatic nitrogens is 3. The van der Waals surface area contributed by atoms with E-state index in [0.717, 1.165) is 11.8 Å². The molecule has 2 aromatic rings. The van der Waals surface area contributed by atoms with Crippen LogP contribution in [0.15, 0.2) is 28.2 Å². The molecular formula is C10H9N3O3S. The Morgan fingerprint density at radius 1 is 1.59 bits per heavy atom. The molecule has 6 nitrogen and oxygen atoms in total. The van der Waals surface area contributed by atoms with Crippen LogP contribution in [0.3, 0.4) is 0 Å². The molecule has 7 heteroatoms. The lowest BCUT2D eigenvalue weighted by Crippen LogP contribution is -2.21. The van der Waals surface area contributed by atoms with Crippen LogP contribution in [-0.4, -0.2) is 31.4 Å². The molecule has 0 atom stereocenters. The van der Waals surface area contributed by atoms with Gasteiger partial charge in [0.05, 0.1) is 5.75 Å². The number of pyridine rings is 1. The molecule has 0 saturated carbocycles. The van der Waals surface area contributed by atoms with Crippen molar-refractivity contribution in [2.75, 3.05) is 5.75 Å². The molecule has 2 rings (SSSR count). The number of carboxylic acid groups (broad SMARTS) is 1. The van der Waals surface area contributed by atoms with Crippen molar-refractivity contribution < 1.29 is 9.90 Å². The monoisotopic (exact) mass is 251 g/mol. The van der Waals surface area contributed by atoms with Crippen LogP contribution in [0.25, 0.3) is 11.2 Å². The van der Waals surface area contributed by atoms with Gasteiger partial charge in [0, 0.05) is 13.2 Å². The van der Waals surface area contributed by atoms with Gasteiger partial charge in [-0.1, -0.05) is 11.8 Å². The van der Waals surface area contributed by atoms with E-state index in [2.05, 4.69) is 9.97 Å². The summed E-state index contributed by atoms with van der Waals surface area (Å²) in [6.45, 7) is 0. The molecule has 0 amide bonds. The number of hydrogen-bond donors (Lipinski definition) is 1. The van der Waals surface area contributed by atoms with Crippen LogP contribution in [0, 0.1) is 0 Å². The van der Waals surface area contributed by atoms with E-state index in [0.29, 0.717) is 11.2 Å². The Morgan fingerprint density at radius 3 is 3.06 bits per heavy atom. The normalized spacial score (nSPS) is 10.6. The van der Waals surface area contributed by atoms with Gasteiger partial charge in [-0.3, -0.25) is 14.2 Å². The predicted octanol–water partition coefficient (Wildman–Crippen LogP) is 0.505. The molecule has 0 unspecified atom stereocenters. The number of aryl methyl sites for hydroxylation is 1. The van der Waals surface area contributed by atoms with E-state index in [-0.39, 0.29) is 16.3 Å². The summed E-state index contributed by atoms with van der Waals surface area (Å²) in [4.78, 5) is 30.5. The highest BCUT2D eigenvalue weighted by atomic mass is 32.2. The largest absolute Gasteiger partial charge is 0.481 e. The topological polar surface area (TPSA) is 85.1 Å². The number of fused-ring (bicyclic) bond motifs is 1. The summed E-state index contributed by atoms with van der Waals surface area (Å²) in [5, 5.41) is 8.75. The molecule has 0 radical (unpaired) electrons. The highest BCUT2D eigenvalue weighted by Gasteiger charge is 2.10. The van der Waals surface area contributed by atoms with Gasteiger partial charge in [0.15, 0.2) is 10.7 Å². The maximum atomic E-state index is 11.8. The van der Waals surface area contributed by atoms with E-state index in [1.807, 2.05) is 0 Å². The van der Waals surface area contributed by atoms with Crippen molar-refractivity contribution >= 4 is 28.9 Å². The third-order valence-corrected chi connectivity index (χ3v) is 3.06. The van der Waals surface area contributed by atoms with Gasteiger partial charge in [0.1, 0.15) is 5.52 Å². The minimum atomic E-state index is -0.981. The zero-order valence-corrected chi connectivity index (χ0v) is 9.77. The number of hydrogen-bond acceptors (Lipinski definition) is 5. The van der Waals surface area contributed by atoms with Crippen LogP contribution in [0.5, 0.6) is 0 Å². The smallest absolute Gasteiger partial charge is 0.313 e. The summed E-state index contributed by atoms with van der Waals surface area (Å²) in [5.41, 5.74) is 0.724. The van der Waals surface area contributed by atoms with Gasteiger partial charge in [-0.25, -0.2) is 9.97 Å². The second-order valence-corrected chi connectivity index (χ2v) is 4.27. The van der Waals surface area contributed by atoms with Crippen molar-refractivity contribution in [3.8, 4) is 0 Å². The van der Waals surface area contributed by atoms with Crippen molar-refractivity contribution in [3.05, 3.63) is 28.7 Å². The first kappa shape index (κ1) is 11.6. The van der Waals surface area contributed by atoms with Crippen LogP contribution in [0.1, 0.15) is 0 Å². The number of aliphatic carboxylic acids is 1. The van der Waals surface area contributed by atoms with Crippen molar-refractivity contribution in [1.82, 2.24) is 14.5 Å². The quantitative estimate of drug-likeness (QED) is 0.800. The molecule has 88 valence electrons. The van der Waals surface area contributed by atoms with E-state index in [1.165, 1.54) is 4.57 Å². The molecule has 2 aromatic heterocycles. The van der Waals surface area contributed by atoms with E-state index in [9.17, 15) is 9.59 Å². The minimum Gasteiger partial charge on any atom is -0.481 e. The van der Waals surface area contributed by atoms with Gasteiger partial charge in [0.25, 0.3) is 5.56 Å². The van der Waals surface area contributed by atoms with Crippen LogP contribution >= 0.6 is 11.8 Å². The third kappa shape index (κ3) is 2.28. The van der Waals surface area contributed by atoms with Gasteiger partial charge in [-0.15, -0.1) is 0 Å². The summed E-state index contributed by atoms with van der Waals surface area (Å²) < 4.78 is 1.37. The van der Waals surface area contributed by atoms with Gasteiger partial charge >= 0.3 is 5.97 Å². The number of carboxylic acids is 1. The Bertz CT molecular complexity index is 638. The molecule has 17 heavy (non-hydrogen) atoms. The first-order valence-corrected chi connectivity index (χ1v) is 5.74. The Morgan fingerprint density at radius 2 is 2.35 bits per heavy atom. The summed E-state index contributed by atoms with van der Waals surface area (Å²) in [6.07, 6.45) is 1.58. The van der Waals surface area contributed by atoms with Gasteiger partial charge in [-0.05, 0) is 12.1 Å². The summed E-state index contributed by atoms with van der Waals surface area (Å²) in [6, 6.07) is 3.44. The first-order valence-electron chi connectivity index (χ1n) is 4.76. The zero-order valence-electron chi connectivity index (χ0n) is 8.95. The molecule has 0 saturated heterocycles. The van der Waals surface area contributed by atoms with Crippen molar-refractivity contribution in [1.29, 1.82) is 0 Å². The molecule has 0 fully saturated rings. The van der Waals surface area contributed by atoms with Crippen molar-refractivity contribution in [3.63, 3.8) is 0 Å². The Labute approximate surface area is 100 Å². The SMILES string of the molecule is Cn1c(=O)c(SCC(=O)O)nc2cccnc21. The van der Waals surface area contributed by atoms with E-state index in [4.69, 9.17) is 5.11 Å². The maximum Gasteiger partial charge on any atom is 0.313 e. The summed E-state index contributed by atoms with van der Waals surface area (Å²) in [5.74, 6) is -1.17. The summed E-state index contributed by atoms with van der Waals surface area (Å²) >= 11 is 0.912. The number of carbonyl (C=O) groups is 1. The maximum absolute atomic E-state index is 11.8. The lowest BCUT2D eigenvalue weighted by Gasteiger charge is -2.05. The molecule has 2 heterocycles.